The number of rotatable bonds is 4. The van der Waals surface area contributed by atoms with Gasteiger partial charge in [0.2, 0.25) is 5.91 Å². The molecule has 1 N–H and O–H groups in total. The molecule has 0 aromatic carbocycles. The van der Waals surface area contributed by atoms with E-state index >= 15 is 0 Å². The van der Waals surface area contributed by atoms with Crippen LogP contribution in [-0.2, 0) is 4.79 Å². The summed E-state index contributed by atoms with van der Waals surface area (Å²) in [5.41, 5.74) is 0. The van der Waals surface area contributed by atoms with E-state index in [0.29, 0.717) is 12.2 Å². The smallest absolute Gasteiger partial charge is 0.221 e. The predicted octanol–water partition coefficient (Wildman–Crippen LogP) is 1.76. The van der Waals surface area contributed by atoms with E-state index in [0.717, 1.165) is 6.42 Å². The highest BCUT2D eigenvalue weighted by Gasteiger charge is 2.15. The van der Waals surface area contributed by atoms with E-state index in [1.165, 1.54) is 6.26 Å². The molecule has 0 aliphatic rings. The lowest BCUT2D eigenvalue weighted by Crippen LogP contribution is -2.26. The fourth-order valence-electron chi connectivity index (χ4n) is 1.08. The van der Waals surface area contributed by atoms with E-state index in [9.17, 15) is 4.79 Å². The maximum Gasteiger partial charge on any atom is 0.221 e. The number of hydrogen-bond acceptors (Lipinski definition) is 3. The van der Waals surface area contributed by atoms with E-state index < -0.39 is 6.04 Å². The SMILES string of the molecule is CCCC(=O)NC(C#N)c1ccco1. The normalized spacial score (nSPS) is 11.7. The minimum Gasteiger partial charge on any atom is -0.466 e. The second-order valence-electron chi connectivity index (χ2n) is 2.90. The Morgan fingerprint density at radius 3 is 3.07 bits per heavy atom. The molecule has 1 heterocycles. The van der Waals surface area contributed by atoms with Gasteiger partial charge < -0.3 is 9.73 Å². The zero-order chi connectivity index (χ0) is 10.4. The van der Waals surface area contributed by atoms with Gasteiger partial charge in [0.25, 0.3) is 0 Å². The van der Waals surface area contributed by atoms with Crippen LogP contribution in [0.4, 0.5) is 0 Å². The molecule has 14 heavy (non-hydrogen) atoms. The third-order valence-electron chi connectivity index (χ3n) is 1.74. The maximum absolute atomic E-state index is 11.2. The minimum absolute atomic E-state index is 0.129. The summed E-state index contributed by atoms with van der Waals surface area (Å²) in [6.45, 7) is 1.91. The number of carbonyl (C=O) groups is 1. The topological polar surface area (TPSA) is 66.0 Å². The molecule has 0 bridgehead atoms. The number of hydrogen-bond donors (Lipinski definition) is 1. The molecule has 0 saturated carbocycles. The highest BCUT2D eigenvalue weighted by atomic mass is 16.3. The van der Waals surface area contributed by atoms with Crippen LogP contribution < -0.4 is 5.32 Å². The van der Waals surface area contributed by atoms with Gasteiger partial charge in [-0.05, 0) is 18.6 Å². The van der Waals surface area contributed by atoms with E-state index in [2.05, 4.69) is 5.32 Å². The van der Waals surface area contributed by atoms with Crippen LogP contribution in [0.2, 0.25) is 0 Å². The van der Waals surface area contributed by atoms with Gasteiger partial charge in [-0.2, -0.15) is 5.26 Å². The Balaban J connectivity index is 2.57. The van der Waals surface area contributed by atoms with Gasteiger partial charge in [-0.1, -0.05) is 6.92 Å². The van der Waals surface area contributed by atoms with Crippen molar-refractivity contribution >= 4 is 5.91 Å². The number of nitrogens with zero attached hydrogens (tertiary/aromatic N) is 1. The third-order valence-corrected chi connectivity index (χ3v) is 1.74. The van der Waals surface area contributed by atoms with Crippen LogP contribution in [0.3, 0.4) is 0 Å². The standard InChI is InChI=1S/C10H12N2O2/c1-2-4-10(13)12-8(7-11)9-5-3-6-14-9/h3,5-6,8H,2,4H2,1H3,(H,12,13). The van der Waals surface area contributed by atoms with Crippen LogP contribution in [-0.4, -0.2) is 5.91 Å². The van der Waals surface area contributed by atoms with Gasteiger partial charge in [0.1, 0.15) is 5.76 Å². The number of furan rings is 1. The number of nitrogens with one attached hydrogen (secondary N) is 1. The summed E-state index contributed by atoms with van der Waals surface area (Å²) in [5, 5.41) is 11.4. The van der Waals surface area contributed by atoms with E-state index in [-0.39, 0.29) is 5.91 Å². The van der Waals surface area contributed by atoms with Crippen molar-refractivity contribution in [1.82, 2.24) is 5.32 Å². The molecule has 0 aliphatic heterocycles. The lowest BCUT2D eigenvalue weighted by atomic mass is 10.2. The summed E-state index contributed by atoms with van der Waals surface area (Å²) in [6.07, 6.45) is 2.67. The Morgan fingerprint density at radius 1 is 1.79 bits per heavy atom. The molecule has 0 radical (unpaired) electrons. The van der Waals surface area contributed by atoms with Crippen molar-refractivity contribution in [2.24, 2.45) is 0 Å². The molecule has 0 aliphatic carbocycles. The van der Waals surface area contributed by atoms with Crippen LogP contribution in [0.15, 0.2) is 22.8 Å². The second-order valence-corrected chi connectivity index (χ2v) is 2.90. The third kappa shape index (κ3) is 2.63. The molecule has 1 rings (SSSR count). The zero-order valence-electron chi connectivity index (χ0n) is 7.99. The first kappa shape index (κ1) is 10.3. The molecule has 4 nitrogen and oxygen atoms in total. The Labute approximate surface area is 82.5 Å². The monoisotopic (exact) mass is 192 g/mol. The molecule has 0 fully saturated rings. The average molecular weight is 192 g/mol. The van der Waals surface area contributed by atoms with E-state index in [4.69, 9.17) is 9.68 Å². The molecule has 1 aromatic rings. The molecule has 1 aromatic heterocycles. The molecular formula is C10H12N2O2. The lowest BCUT2D eigenvalue weighted by molar-refractivity contribution is -0.121. The highest BCUT2D eigenvalue weighted by molar-refractivity contribution is 5.76. The van der Waals surface area contributed by atoms with Crippen LogP contribution in [0.25, 0.3) is 0 Å². The van der Waals surface area contributed by atoms with Gasteiger partial charge in [0.15, 0.2) is 6.04 Å². The van der Waals surface area contributed by atoms with Gasteiger partial charge in [0.05, 0.1) is 12.3 Å². The second kappa shape index (κ2) is 5.07. The summed E-state index contributed by atoms with van der Waals surface area (Å²) in [7, 11) is 0. The molecular weight excluding hydrogens is 180 g/mol. The largest absolute Gasteiger partial charge is 0.466 e. The summed E-state index contributed by atoms with van der Waals surface area (Å²) < 4.78 is 5.03. The molecule has 1 atom stereocenters. The van der Waals surface area contributed by atoms with Crippen molar-refractivity contribution in [2.45, 2.75) is 25.8 Å². The van der Waals surface area contributed by atoms with Crippen molar-refractivity contribution in [3.8, 4) is 6.07 Å². The molecule has 1 unspecified atom stereocenters. The van der Waals surface area contributed by atoms with Gasteiger partial charge in [-0.15, -0.1) is 0 Å². The maximum atomic E-state index is 11.2. The Bertz CT molecular complexity index is 324. The first-order valence-electron chi connectivity index (χ1n) is 4.50. The van der Waals surface area contributed by atoms with Gasteiger partial charge in [-0.3, -0.25) is 4.79 Å². The zero-order valence-corrected chi connectivity index (χ0v) is 7.99. The summed E-state index contributed by atoms with van der Waals surface area (Å²) >= 11 is 0. The van der Waals surface area contributed by atoms with Crippen LogP contribution >= 0.6 is 0 Å². The van der Waals surface area contributed by atoms with Crippen molar-refractivity contribution in [1.29, 1.82) is 5.26 Å². The minimum atomic E-state index is -0.677. The first-order valence-corrected chi connectivity index (χ1v) is 4.50. The van der Waals surface area contributed by atoms with Crippen molar-refractivity contribution in [2.75, 3.05) is 0 Å². The van der Waals surface area contributed by atoms with Crippen LogP contribution in [0.5, 0.6) is 0 Å². The van der Waals surface area contributed by atoms with Crippen molar-refractivity contribution < 1.29 is 9.21 Å². The van der Waals surface area contributed by atoms with Gasteiger partial charge in [-0.25, -0.2) is 0 Å². The Morgan fingerprint density at radius 2 is 2.57 bits per heavy atom. The predicted molar refractivity (Wildman–Crippen MR) is 50.1 cm³/mol. The van der Waals surface area contributed by atoms with Gasteiger partial charge in [0, 0.05) is 6.42 Å². The number of nitriles is 1. The molecule has 4 heteroatoms. The Hall–Kier alpha value is -1.76. The number of amides is 1. The summed E-state index contributed by atoms with van der Waals surface area (Å²) in [5.74, 6) is 0.340. The quantitative estimate of drug-likeness (QED) is 0.790. The fourth-order valence-corrected chi connectivity index (χ4v) is 1.08. The molecule has 0 spiro atoms. The van der Waals surface area contributed by atoms with Crippen molar-refractivity contribution in [3.05, 3.63) is 24.2 Å². The van der Waals surface area contributed by atoms with E-state index in [1.807, 2.05) is 13.0 Å². The van der Waals surface area contributed by atoms with Crippen LogP contribution in [0, 0.1) is 11.3 Å². The molecule has 74 valence electrons. The molecule has 1 amide bonds. The average Bonchev–Trinajstić information content (AvgIpc) is 2.67. The lowest BCUT2D eigenvalue weighted by Gasteiger charge is -2.07. The molecule has 0 saturated heterocycles. The van der Waals surface area contributed by atoms with Crippen molar-refractivity contribution in [3.63, 3.8) is 0 Å². The summed E-state index contributed by atoms with van der Waals surface area (Å²) in [4.78, 5) is 11.2. The highest BCUT2D eigenvalue weighted by Crippen LogP contribution is 2.12. The summed E-state index contributed by atoms with van der Waals surface area (Å²) in [6, 6.07) is 4.64. The van der Waals surface area contributed by atoms with Crippen LogP contribution in [0.1, 0.15) is 31.6 Å². The number of carbonyl (C=O) groups excluding carboxylic acids is 1. The first-order chi connectivity index (χ1) is 6.77. The van der Waals surface area contributed by atoms with Gasteiger partial charge >= 0.3 is 0 Å². The fraction of sp³-hybridized carbons (Fsp3) is 0.400. The van der Waals surface area contributed by atoms with E-state index in [1.54, 1.807) is 12.1 Å². The Kier molecular flexibility index (Phi) is 3.74.